The van der Waals surface area contributed by atoms with Gasteiger partial charge in [-0.05, 0) is 23.8 Å². The number of aromatic nitrogens is 1. The van der Waals surface area contributed by atoms with Gasteiger partial charge in [0.2, 0.25) is 0 Å². The standard InChI is InChI=1S/C25H17NO/c1-26-24-17(16-8-3-2-4-9-16)11-7-12-18(24)19-14-15-22-23(25(19)26)20-10-5-6-13-21(20)27-22/h2-15H,1H3. The van der Waals surface area contributed by atoms with Gasteiger partial charge in [0.1, 0.15) is 11.2 Å². The average Bonchev–Trinajstić information content (AvgIpc) is 3.24. The van der Waals surface area contributed by atoms with E-state index in [1.165, 1.54) is 43.7 Å². The first kappa shape index (κ1) is 14.6. The van der Waals surface area contributed by atoms with E-state index in [1.54, 1.807) is 0 Å². The number of hydrogen-bond acceptors (Lipinski definition) is 1. The first-order chi connectivity index (χ1) is 13.3. The molecule has 0 aliphatic carbocycles. The number of benzene rings is 4. The summed E-state index contributed by atoms with van der Waals surface area (Å²) in [4.78, 5) is 0. The number of rotatable bonds is 1. The summed E-state index contributed by atoms with van der Waals surface area (Å²) < 4.78 is 8.44. The minimum Gasteiger partial charge on any atom is -0.456 e. The Balaban J connectivity index is 1.86. The first-order valence-corrected chi connectivity index (χ1v) is 9.20. The Morgan fingerprint density at radius 2 is 1.33 bits per heavy atom. The summed E-state index contributed by atoms with van der Waals surface area (Å²) in [6.07, 6.45) is 0. The summed E-state index contributed by atoms with van der Waals surface area (Å²) in [5, 5.41) is 4.91. The summed E-state index contributed by atoms with van der Waals surface area (Å²) in [5.74, 6) is 0. The molecule has 0 aliphatic rings. The second-order valence-electron chi connectivity index (χ2n) is 7.06. The number of aryl methyl sites for hydroxylation is 1. The van der Waals surface area contributed by atoms with E-state index in [9.17, 15) is 0 Å². The molecule has 0 saturated heterocycles. The molecule has 6 aromatic rings. The summed E-state index contributed by atoms with van der Waals surface area (Å²) in [6, 6.07) is 29.8. The molecule has 0 amide bonds. The van der Waals surface area contributed by atoms with Crippen LogP contribution < -0.4 is 0 Å². The molecule has 0 atom stereocenters. The van der Waals surface area contributed by atoms with Crippen molar-refractivity contribution in [1.82, 2.24) is 4.57 Å². The smallest absolute Gasteiger partial charge is 0.137 e. The molecule has 0 spiro atoms. The zero-order valence-corrected chi connectivity index (χ0v) is 14.9. The third-order valence-electron chi connectivity index (χ3n) is 5.60. The van der Waals surface area contributed by atoms with Crippen molar-refractivity contribution in [3.8, 4) is 11.1 Å². The maximum atomic E-state index is 6.11. The SMILES string of the molecule is Cn1c2c(-c3ccccc3)cccc2c2ccc3oc4ccccc4c3c21. The van der Waals surface area contributed by atoms with E-state index < -0.39 is 0 Å². The van der Waals surface area contributed by atoms with E-state index in [1.807, 2.05) is 12.1 Å². The molecule has 0 N–H and O–H groups in total. The molecule has 0 unspecified atom stereocenters. The number of para-hydroxylation sites is 2. The minimum absolute atomic E-state index is 0.938. The molecule has 4 aromatic carbocycles. The van der Waals surface area contributed by atoms with Crippen LogP contribution in [-0.2, 0) is 7.05 Å². The lowest BCUT2D eigenvalue weighted by atomic mass is 10.0. The van der Waals surface area contributed by atoms with Crippen molar-refractivity contribution >= 4 is 43.7 Å². The van der Waals surface area contributed by atoms with Crippen LogP contribution in [0.15, 0.2) is 89.3 Å². The van der Waals surface area contributed by atoms with Crippen molar-refractivity contribution in [2.75, 3.05) is 0 Å². The molecule has 0 saturated carbocycles. The number of fused-ring (bicyclic) bond motifs is 7. The Labute approximate surface area is 156 Å². The fourth-order valence-corrected chi connectivity index (χ4v) is 4.45. The zero-order chi connectivity index (χ0) is 18.0. The topological polar surface area (TPSA) is 18.1 Å². The first-order valence-electron chi connectivity index (χ1n) is 9.20. The lowest BCUT2D eigenvalue weighted by molar-refractivity contribution is 0.669. The van der Waals surface area contributed by atoms with Crippen LogP contribution in [0.2, 0.25) is 0 Å². The van der Waals surface area contributed by atoms with E-state index in [0.29, 0.717) is 0 Å². The van der Waals surface area contributed by atoms with Crippen LogP contribution >= 0.6 is 0 Å². The van der Waals surface area contributed by atoms with Gasteiger partial charge in [0, 0.05) is 28.8 Å². The van der Waals surface area contributed by atoms with Gasteiger partial charge in [0.15, 0.2) is 0 Å². The van der Waals surface area contributed by atoms with Crippen LogP contribution in [-0.4, -0.2) is 4.57 Å². The molecule has 2 heterocycles. The Hall–Kier alpha value is -3.52. The van der Waals surface area contributed by atoms with E-state index >= 15 is 0 Å². The van der Waals surface area contributed by atoms with Crippen molar-refractivity contribution in [3.63, 3.8) is 0 Å². The highest BCUT2D eigenvalue weighted by molar-refractivity contribution is 6.25. The summed E-state index contributed by atoms with van der Waals surface area (Å²) in [6.45, 7) is 0. The molecule has 0 bridgehead atoms. The minimum atomic E-state index is 0.938. The number of hydrogen-bond donors (Lipinski definition) is 0. The predicted octanol–water partition coefficient (Wildman–Crippen LogP) is 6.90. The van der Waals surface area contributed by atoms with Crippen LogP contribution in [0, 0.1) is 0 Å². The number of furan rings is 1. The van der Waals surface area contributed by atoms with Crippen molar-refractivity contribution in [2.45, 2.75) is 0 Å². The van der Waals surface area contributed by atoms with Crippen molar-refractivity contribution in [1.29, 1.82) is 0 Å². The Morgan fingerprint density at radius 1 is 0.593 bits per heavy atom. The second kappa shape index (κ2) is 5.24. The lowest BCUT2D eigenvalue weighted by Crippen LogP contribution is -1.90. The molecule has 0 fully saturated rings. The van der Waals surface area contributed by atoms with Crippen molar-refractivity contribution < 1.29 is 4.42 Å². The molecule has 0 aliphatic heterocycles. The van der Waals surface area contributed by atoms with Gasteiger partial charge in [0.25, 0.3) is 0 Å². The summed E-state index contributed by atoms with van der Waals surface area (Å²) in [7, 11) is 2.16. The molecular weight excluding hydrogens is 330 g/mol. The van der Waals surface area contributed by atoms with Gasteiger partial charge in [0.05, 0.1) is 16.4 Å². The maximum Gasteiger partial charge on any atom is 0.137 e. The molecule has 6 rings (SSSR count). The third-order valence-corrected chi connectivity index (χ3v) is 5.60. The normalized spacial score (nSPS) is 11.9. The highest BCUT2D eigenvalue weighted by Gasteiger charge is 2.18. The molecule has 128 valence electrons. The molecule has 2 heteroatoms. The van der Waals surface area contributed by atoms with E-state index in [4.69, 9.17) is 4.42 Å². The largest absolute Gasteiger partial charge is 0.456 e. The summed E-state index contributed by atoms with van der Waals surface area (Å²) in [5.41, 5.74) is 6.87. The molecule has 2 aromatic heterocycles. The fraction of sp³-hybridized carbons (Fsp3) is 0.0400. The zero-order valence-electron chi connectivity index (χ0n) is 14.9. The van der Waals surface area contributed by atoms with E-state index in [-0.39, 0.29) is 0 Å². The van der Waals surface area contributed by atoms with Gasteiger partial charge in [-0.1, -0.05) is 66.7 Å². The Bertz CT molecular complexity index is 1470. The quantitative estimate of drug-likeness (QED) is 0.316. The number of nitrogens with zero attached hydrogens (tertiary/aromatic N) is 1. The monoisotopic (exact) mass is 347 g/mol. The van der Waals surface area contributed by atoms with Gasteiger partial charge < -0.3 is 8.98 Å². The Kier molecular flexibility index (Phi) is 2.84. The molecular formula is C25H17NO. The van der Waals surface area contributed by atoms with Crippen LogP contribution in [0.1, 0.15) is 0 Å². The van der Waals surface area contributed by atoms with Crippen molar-refractivity contribution in [2.24, 2.45) is 7.05 Å². The highest BCUT2D eigenvalue weighted by atomic mass is 16.3. The van der Waals surface area contributed by atoms with E-state index in [2.05, 4.69) is 84.4 Å². The van der Waals surface area contributed by atoms with Gasteiger partial charge in [-0.25, -0.2) is 0 Å². The van der Waals surface area contributed by atoms with Crippen LogP contribution in [0.25, 0.3) is 54.9 Å². The predicted molar refractivity (Wildman–Crippen MR) is 113 cm³/mol. The van der Waals surface area contributed by atoms with Gasteiger partial charge in [-0.3, -0.25) is 0 Å². The van der Waals surface area contributed by atoms with Crippen molar-refractivity contribution in [3.05, 3.63) is 84.9 Å². The fourth-order valence-electron chi connectivity index (χ4n) is 4.45. The van der Waals surface area contributed by atoms with Crippen LogP contribution in [0.3, 0.4) is 0 Å². The van der Waals surface area contributed by atoms with E-state index in [0.717, 1.165) is 11.2 Å². The lowest BCUT2D eigenvalue weighted by Gasteiger charge is -2.07. The molecule has 2 nitrogen and oxygen atoms in total. The van der Waals surface area contributed by atoms with Gasteiger partial charge in [-0.2, -0.15) is 0 Å². The average molecular weight is 347 g/mol. The maximum absolute atomic E-state index is 6.11. The molecule has 0 radical (unpaired) electrons. The van der Waals surface area contributed by atoms with Gasteiger partial charge >= 0.3 is 0 Å². The molecule has 27 heavy (non-hydrogen) atoms. The van der Waals surface area contributed by atoms with Crippen LogP contribution in [0.5, 0.6) is 0 Å². The second-order valence-corrected chi connectivity index (χ2v) is 7.06. The van der Waals surface area contributed by atoms with Crippen LogP contribution in [0.4, 0.5) is 0 Å². The van der Waals surface area contributed by atoms with Gasteiger partial charge in [-0.15, -0.1) is 0 Å². The Morgan fingerprint density at radius 3 is 2.22 bits per heavy atom. The third kappa shape index (κ3) is 1.90. The summed E-state index contributed by atoms with van der Waals surface area (Å²) >= 11 is 0. The highest BCUT2D eigenvalue weighted by Crippen LogP contribution is 2.41.